The fourth-order valence-electron chi connectivity index (χ4n) is 2.27. The van der Waals surface area contributed by atoms with Crippen LogP contribution in [0.25, 0.3) is 0 Å². The third-order valence-corrected chi connectivity index (χ3v) is 4.61. The zero-order chi connectivity index (χ0) is 15.4. The molecule has 0 aromatic carbocycles. The molecule has 1 fully saturated rings. The molecule has 0 saturated carbocycles. The summed E-state index contributed by atoms with van der Waals surface area (Å²) in [7, 11) is 0. The maximum absolute atomic E-state index is 12.2. The van der Waals surface area contributed by atoms with Crippen molar-refractivity contribution < 1.29 is 9.59 Å². The topological polar surface area (TPSA) is 75.2 Å². The number of hydrogen-bond acceptors (Lipinski definition) is 5. The molecular formula is C14H22N4O2S. The van der Waals surface area contributed by atoms with Crippen LogP contribution >= 0.6 is 11.5 Å². The number of rotatable bonds is 4. The van der Waals surface area contributed by atoms with Gasteiger partial charge in [-0.1, -0.05) is 18.3 Å². The Balaban J connectivity index is 1.83. The smallest absolute Gasteiger partial charge is 0.275 e. The Labute approximate surface area is 129 Å². The highest BCUT2D eigenvalue weighted by Gasteiger charge is 2.29. The molecule has 116 valence electrons. The predicted molar refractivity (Wildman–Crippen MR) is 81.0 cm³/mol. The van der Waals surface area contributed by atoms with Gasteiger partial charge in [-0.3, -0.25) is 9.59 Å². The average Bonchev–Trinajstić information content (AvgIpc) is 3.00. The first kappa shape index (κ1) is 15.9. The maximum atomic E-state index is 12.2. The quantitative estimate of drug-likeness (QED) is 0.915. The summed E-state index contributed by atoms with van der Waals surface area (Å²) in [6.07, 6.45) is 1.42. The highest BCUT2D eigenvalue weighted by Crippen LogP contribution is 2.19. The molecule has 2 amide bonds. The lowest BCUT2D eigenvalue weighted by Gasteiger charge is -2.31. The second-order valence-corrected chi connectivity index (χ2v) is 6.51. The SMILES string of the molecule is CC(C)C(C)NC(=O)C1CCN(C(=O)c2csnn2)CC1. The molecule has 21 heavy (non-hydrogen) atoms. The van der Waals surface area contributed by atoms with E-state index < -0.39 is 0 Å². The fraction of sp³-hybridized carbons (Fsp3) is 0.714. The molecule has 0 spiro atoms. The van der Waals surface area contributed by atoms with Gasteiger partial charge < -0.3 is 10.2 Å². The van der Waals surface area contributed by atoms with Gasteiger partial charge in [0, 0.05) is 30.4 Å². The number of carbonyl (C=O) groups excluding carboxylic acids is 2. The summed E-state index contributed by atoms with van der Waals surface area (Å²) in [6, 6.07) is 0.179. The van der Waals surface area contributed by atoms with Crippen molar-refractivity contribution in [3.63, 3.8) is 0 Å². The van der Waals surface area contributed by atoms with Gasteiger partial charge >= 0.3 is 0 Å². The Hall–Kier alpha value is -1.50. The van der Waals surface area contributed by atoms with E-state index in [0.717, 1.165) is 0 Å². The fourth-order valence-corrected chi connectivity index (χ4v) is 2.70. The monoisotopic (exact) mass is 310 g/mol. The summed E-state index contributed by atoms with van der Waals surface area (Å²) < 4.78 is 3.71. The summed E-state index contributed by atoms with van der Waals surface area (Å²) in [6.45, 7) is 7.41. The molecule has 2 heterocycles. The molecule has 1 unspecified atom stereocenters. The minimum atomic E-state index is -0.0850. The minimum Gasteiger partial charge on any atom is -0.353 e. The number of amides is 2. The molecule has 1 aromatic heterocycles. The standard InChI is InChI=1S/C14H22N4O2S/c1-9(2)10(3)15-13(19)11-4-6-18(7-5-11)14(20)12-8-21-17-16-12/h8-11H,4-7H2,1-3H3,(H,15,19). The van der Waals surface area contributed by atoms with Gasteiger partial charge in [-0.25, -0.2) is 0 Å². The van der Waals surface area contributed by atoms with Crippen LogP contribution in [0.1, 0.15) is 44.1 Å². The van der Waals surface area contributed by atoms with Crippen molar-refractivity contribution in [2.24, 2.45) is 11.8 Å². The molecule has 1 atom stereocenters. The Morgan fingerprint density at radius 2 is 2.00 bits per heavy atom. The van der Waals surface area contributed by atoms with Crippen molar-refractivity contribution >= 4 is 23.3 Å². The lowest BCUT2D eigenvalue weighted by Crippen LogP contribution is -2.45. The molecule has 2 rings (SSSR count). The summed E-state index contributed by atoms with van der Waals surface area (Å²) in [5.74, 6) is 0.452. The van der Waals surface area contributed by atoms with Gasteiger partial charge in [0.2, 0.25) is 5.91 Å². The summed E-state index contributed by atoms with van der Waals surface area (Å²) in [5.41, 5.74) is 0.399. The van der Waals surface area contributed by atoms with Gasteiger partial charge in [0.1, 0.15) is 0 Å². The first-order valence-electron chi connectivity index (χ1n) is 7.35. The summed E-state index contributed by atoms with van der Waals surface area (Å²) in [4.78, 5) is 26.1. The first-order valence-corrected chi connectivity index (χ1v) is 8.19. The minimum absolute atomic E-state index is 0.00353. The summed E-state index contributed by atoms with van der Waals surface area (Å²) in [5, 5.41) is 8.52. The van der Waals surface area contributed by atoms with E-state index in [4.69, 9.17) is 0 Å². The Morgan fingerprint density at radius 3 is 2.52 bits per heavy atom. The second kappa shape index (κ2) is 6.98. The molecule has 1 aliphatic heterocycles. The number of piperidine rings is 1. The third kappa shape index (κ3) is 4.00. The van der Waals surface area contributed by atoms with E-state index in [0.29, 0.717) is 37.5 Å². The lowest BCUT2D eigenvalue weighted by atomic mass is 9.94. The lowest BCUT2D eigenvalue weighted by molar-refractivity contribution is -0.127. The molecule has 6 nitrogen and oxygen atoms in total. The van der Waals surface area contributed by atoms with Crippen LogP contribution in [0.5, 0.6) is 0 Å². The summed E-state index contributed by atoms with van der Waals surface area (Å²) >= 11 is 1.17. The number of carbonyl (C=O) groups is 2. The van der Waals surface area contributed by atoms with E-state index in [1.165, 1.54) is 11.5 Å². The van der Waals surface area contributed by atoms with E-state index in [1.54, 1.807) is 10.3 Å². The van der Waals surface area contributed by atoms with Gasteiger partial charge in [0.15, 0.2) is 5.69 Å². The molecule has 0 radical (unpaired) electrons. The molecular weight excluding hydrogens is 288 g/mol. The highest BCUT2D eigenvalue weighted by molar-refractivity contribution is 7.03. The van der Waals surface area contributed by atoms with Crippen molar-refractivity contribution in [2.45, 2.75) is 39.7 Å². The van der Waals surface area contributed by atoms with E-state index in [-0.39, 0.29) is 23.8 Å². The number of nitrogens with zero attached hydrogens (tertiary/aromatic N) is 3. The predicted octanol–water partition coefficient (Wildman–Crippen LogP) is 1.55. The normalized spacial score (nSPS) is 17.8. The van der Waals surface area contributed by atoms with Crippen LogP contribution in [0.2, 0.25) is 0 Å². The molecule has 1 aromatic rings. The van der Waals surface area contributed by atoms with Gasteiger partial charge in [0.05, 0.1) is 0 Å². The number of aromatic nitrogens is 2. The molecule has 1 saturated heterocycles. The van der Waals surface area contributed by atoms with Gasteiger partial charge in [0.25, 0.3) is 5.91 Å². The molecule has 0 bridgehead atoms. The molecule has 1 N–H and O–H groups in total. The van der Waals surface area contributed by atoms with E-state index in [9.17, 15) is 9.59 Å². The van der Waals surface area contributed by atoms with Gasteiger partial charge in [-0.2, -0.15) is 0 Å². The van der Waals surface area contributed by atoms with Crippen LogP contribution in [0.3, 0.4) is 0 Å². The van der Waals surface area contributed by atoms with Crippen molar-refractivity contribution in [3.05, 3.63) is 11.1 Å². The van der Waals surface area contributed by atoms with Crippen molar-refractivity contribution in [1.29, 1.82) is 0 Å². The number of likely N-dealkylation sites (tertiary alicyclic amines) is 1. The van der Waals surface area contributed by atoms with E-state index in [2.05, 4.69) is 28.8 Å². The van der Waals surface area contributed by atoms with Gasteiger partial charge in [-0.05, 0) is 37.2 Å². The van der Waals surface area contributed by atoms with Crippen molar-refractivity contribution in [3.8, 4) is 0 Å². The van der Waals surface area contributed by atoms with Crippen LogP contribution in [0, 0.1) is 11.8 Å². The second-order valence-electron chi connectivity index (χ2n) is 5.90. The first-order chi connectivity index (χ1) is 9.99. The third-order valence-electron chi connectivity index (χ3n) is 4.10. The van der Waals surface area contributed by atoms with Gasteiger partial charge in [-0.15, -0.1) is 5.10 Å². The Morgan fingerprint density at radius 1 is 1.33 bits per heavy atom. The molecule has 1 aliphatic rings. The van der Waals surface area contributed by atoms with Crippen LogP contribution in [-0.4, -0.2) is 45.4 Å². The zero-order valence-corrected chi connectivity index (χ0v) is 13.5. The van der Waals surface area contributed by atoms with Crippen LogP contribution in [-0.2, 0) is 4.79 Å². The Kier molecular flexibility index (Phi) is 5.27. The zero-order valence-electron chi connectivity index (χ0n) is 12.7. The van der Waals surface area contributed by atoms with E-state index >= 15 is 0 Å². The van der Waals surface area contributed by atoms with E-state index in [1.807, 2.05) is 6.92 Å². The average molecular weight is 310 g/mol. The van der Waals surface area contributed by atoms with Crippen LogP contribution < -0.4 is 5.32 Å². The number of nitrogens with one attached hydrogen (secondary N) is 1. The maximum Gasteiger partial charge on any atom is 0.275 e. The highest BCUT2D eigenvalue weighted by atomic mass is 32.1. The molecule has 0 aliphatic carbocycles. The van der Waals surface area contributed by atoms with Crippen molar-refractivity contribution in [2.75, 3.05) is 13.1 Å². The van der Waals surface area contributed by atoms with Crippen molar-refractivity contribution in [1.82, 2.24) is 19.8 Å². The largest absolute Gasteiger partial charge is 0.353 e. The number of hydrogen-bond donors (Lipinski definition) is 1. The van der Waals surface area contributed by atoms with Crippen LogP contribution in [0.4, 0.5) is 0 Å². The van der Waals surface area contributed by atoms with Crippen LogP contribution in [0.15, 0.2) is 5.38 Å². The Bertz CT molecular complexity index is 481. The molecule has 7 heteroatoms.